The summed E-state index contributed by atoms with van der Waals surface area (Å²) in [4.78, 5) is 2.41. The minimum Gasteiger partial charge on any atom is -0.456 e. The van der Waals surface area contributed by atoms with Gasteiger partial charge in [0.05, 0.1) is 5.69 Å². The fourth-order valence-electron chi connectivity index (χ4n) is 9.23. The zero-order valence-corrected chi connectivity index (χ0v) is 33.1. The number of furan rings is 2. The Balaban J connectivity index is 1.07. The quantitative estimate of drug-likeness (QED) is 0.161. The molecular formula is C58H37NO2. The van der Waals surface area contributed by atoms with Gasteiger partial charge in [0.1, 0.15) is 22.3 Å². The van der Waals surface area contributed by atoms with Gasteiger partial charge in [-0.05, 0) is 98.8 Å². The largest absolute Gasteiger partial charge is 0.456 e. The molecule has 286 valence electrons. The first-order chi connectivity index (χ1) is 30.2. The van der Waals surface area contributed by atoms with Gasteiger partial charge in [-0.25, -0.2) is 0 Å². The summed E-state index contributed by atoms with van der Waals surface area (Å²) in [5, 5.41) is 6.85. The Kier molecular flexibility index (Phi) is 8.17. The second kappa shape index (κ2) is 14.3. The Morgan fingerprint density at radius 3 is 1.69 bits per heavy atom. The molecular weight excluding hydrogens is 743 g/mol. The molecule has 0 fully saturated rings. The van der Waals surface area contributed by atoms with E-state index in [4.69, 9.17) is 8.83 Å². The fraction of sp³-hybridized carbons (Fsp3) is 0. The van der Waals surface area contributed by atoms with E-state index < -0.39 is 0 Å². The van der Waals surface area contributed by atoms with E-state index in [-0.39, 0.29) is 0 Å². The highest BCUT2D eigenvalue weighted by Crippen LogP contribution is 2.48. The summed E-state index contributed by atoms with van der Waals surface area (Å²) in [5.74, 6) is 0. The van der Waals surface area contributed by atoms with E-state index in [0.29, 0.717) is 0 Å². The molecule has 0 aliphatic rings. The Morgan fingerprint density at radius 1 is 0.295 bits per heavy atom. The Hall–Kier alpha value is -8.14. The summed E-state index contributed by atoms with van der Waals surface area (Å²) in [6.45, 7) is 0. The van der Waals surface area contributed by atoms with E-state index in [2.05, 4.69) is 211 Å². The minimum atomic E-state index is 0.884. The maximum Gasteiger partial charge on any atom is 0.143 e. The van der Waals surface area contributed by atoms with Crippen molar-refractivity contribution in [3.63, 3.8) is 0 Å². The second-order valence-electron chi connectivity index (χ2n) is 15.6. The van der Waals surface area contributed by atoms with Crippen molar-refractivity contribution in [3.05, 3.63) is 224 Å². The van der Waals surface area contributed by atoms with E-state index >= 15 is 0 Å². The van der Waals surface area contributed by atoms with Crippen LogP contribution >= 0.6 is 0 Å². The predicted molar refractivity (Wildman–Crippen MR) is 255 cm³/mol. The summed E-state index contributed by atoms with van der Waals surface area (Å²) >= 11 is 0. The summed E-state index contributed by atoms with van der Waals surface area (Å²) in [6, 6.07) is 80.1. The molecule has 3 heteroatoms. The van der Waals surface area contributed by atoms with Gasteiger partial charge in [-0.15, -0.1) is 0 Å². The van der Waals surface area contributed by atoms with Gasteiger partial charge in [-0.3, -0.25) is 0 Å². The van der Waals surface area contributed by atoms with Crippen LogP contribution in [0.1, 0.15) is 0 Å². The normalized spacial score (nSPS) is 11.6. The fourth-order valence-corrected chi connectivity index (χ4v) is 9.23. The first-order valence-electron chi connectivity index (χ1n) is 20.7. The molecule has 0 aliphatic carbocycles. The summed E-state index contributed by atoms with van der Waals surface area (Å²) in [7, 11) is 0. The highest BCUT2D eigenvalue weighted by molar-refractivity contribution is 6.12. The lowest BCUT2D eigenvalue weighted by Crippen LogP contribution is -2.12. The maximum absolute atomic E-state index is 6.68. The van der Waals surface area contributed by atoms with Crippen LogP contribution in [0, 0.1) is 0 Å². The molecule has 12 aromatic rings. The number of benzene rings is 10. The molecule has 0 spiro atoms. The smallest absolute Gasteiger partial charge is 0.143 e. The van der Waals surface area contributed by atoms with Crippen LogP contribution in [0.2, 0.25) is 0 Å². The van der Waals surface area contributed by atoms with Gasteiger partial charge in [0.15, 0.2) is 0 Å². The van der Waals surface area contributed by atoms with Crippen molar-refractivity contribution < 1.29 is 8.83 Å². The second-order valence-corrected chi connectivity index (χ2v) is 15.6. The molecule has 0 N–H and O–H groups in total. The number of hydrogen-bond acceptors (Lipinski definition) is 3. The Bertz CT molecular complexity index is 3580. The molecule has 0 bridgehead atoms. The van der Waals surface area contributed by atoms with Crippen LogP contribution in [0.4, 0.5) is 17.1 Å². The average molecular weight is 780 g/mol. The minimum absolute atomic E-state index is 0.884. The molecule has 0 saturated carbocycles. The molecule has 3 nitrogen and oxygen atoms in total. The molecule has 2 heterocycles. The summed E-state index contributed by atoms with van der Waals surface area (Å²) in [5.41, 5.74) is 15.8. The SMILES string of the molecule is c1ccc(-c2c(-c3cccc4c3oc3ccccc34)cccc2N(c2ccc(-c3ccc4oc5ccccc5c4c3)cc2)c2ccc3c(-c4ccccc4)cccc3c2)cc1. The van der Waals surface area contributed by atoms with Crippen LogP contribution in [0.25, 0.3) is 99.2 Å². The molecule has 12 rings (SSSR count). The molecule has 0 saturated heterocycles. The number of rotatable bonds is 7. The van der Waals surface area contributed by atoms with E-state index in [0.717, 1.165) is 94.3 Å². The van der Waals surface area contributed by atoms with E-state index in [1.807, 2.05) is 18.2 Å². The lowest BCUT2D eigenvalue weighted by atomic mass is 9.91. The highest BCUT2D eigenvalue weighted by atomic mass is 16.3. The Labute approximate surface area is 353 Å². The number of nitrogens with zero attached hydrogens (tertiary/aromatic N) is 1. The van der Waals surface area contributed by atoms with Crippen molar-refractivity contribution in [2.75, 3.05) is 4.90 Å². The molecule has 0 radical (unpaired) electrons. The summed E-state index contributed by atoms with van der Waals surface area (Å²) < 4.78 is 12.8. The average Bonchev–Trinajstić information content (AvgIpc) is 3.90. The van der Waals surface area contributed by atoms with Crippen LogP contribution < -0.4 is 4.90 Å². The van der Waals surface area contributed by atoms with Crippen LogP contribution in [0.5, 0.6) is 0 Å². The number of anilines is 3. The number of fused-ring (bicyclic) bond motifs is 7. The number of para-hydroxylation sites is 3. The van der Waals surface area contributed by atoms with Crippen LogP contribution in [-0.4, -0.2) is 0 Å². The third kappa shape index (κ3) is 5.90. The van der Waals surface area contributed by atoms with Gasteiger partial charge in [-0.1, -0.05) is 170 Å². The maximum atomic E-state index is 6.68. The van der Waals surface area contributed by atoms with Crippen molar-refractivity contribution in [1.82, 2.24) is 0 Å². The van der Waals surface area contributed by atoms with Crippen LogP contribution in [0.3, 0.4) is 0 Å². The van der Waals surface area contributed by atoms with E-state index in [9.17, 15) is 0 Å². The molecule has 0 aliphatic heterocycles. The van der Waals surface area contributed by atoms with Gasteiger partial charge in [0.25, 0.3) is 0 Å². The van der Waals surface area contributed by atoms with Crippen LogP contribution in [-0.2, 0) is 0 Å². The molecule has 0 amide bonds. The molecule has 0 atom stereocenters. The standard InChI is InChI=1S/C58H37NO2/c1-3-14-39(15-4-1)45-21-11-18-42-36-44(33-34-46(42)45)59(43-31-28-38(29-32-43)41-30-35-56-52(37-41)48-20-8-9-26-54(48)60-56)53-25-13-22-49(57(53)40-16-5-2-6-17-40)51-24-12-23-50-47-19-7-10-27-55(47)61-58(50)51/h1-37H. The summed E-state index contributed by atoms with van der Waals surface area (Å²) in [6.07, 6.45) is 0. The highest BCUT2D eigenvalue weighted by Gasteiger charge is 2.23. The van der Waals surface area contributed by atoms with Gasteiger partial charge in [-0.2, -0.15) is 0 Å². The van der Waals surface area contributed by atoms with Gasteiger partial charge >= 0.3 is 0 Å². The predicted octanol–water partition coefficient (Wildman–Crippen LogP) is 16.8. The molecule has 0 unspecified atom stereocenters. The van der Waals surface area contributed by atoms with Crippen molar-refractivity contribution in [3.8, 4) is 44.5 Å². The van der Waals surface area contributed by atoms with Crippen molar-refractivity contribution in [2.24, 2.45) is 0 Å². The monoisotopic (exact) mass is 779 g/mol. The Morgan fingerprint density at radius 2 is 0.885 bits per heavy atom. The first-order valence-corrected chi connectivity index (χ1v) is 20.7. The van der Waals surface area contributed by atoms with Crippen LogP contribution in [0.15, 0.2) is 233 Å². The van der Waals surface area contributed by atoms with Crippen molar-refractivity contribution in [2.45, 2.75) is 0 Å². The van der Waals surface area contributed by atoms with E-state index in [1.165, 1.54) is 21.9 Å². The number of hydrogen-bond donors (Lipinski definition) is 0. The third-order valence-electron chi connectivity index (χ3n) is 12.1. The molecule has 61 heavy (non-hydrogen) atoms. The topological polar surface area (TPSA) is 29.5 Å². The lowest BCUT2D eigenvalue weighted by Gasteiger charge is -2.30. The van der Waals surface area contributed by atoms with Crippen molar-refractivity contribution in [1.29, 1.82) is 0 Å². The molecule has 2 aromatic heterocycles. The van der Waals surface area contributed by atoms with Gasteiger partial charge in [0.2, 0.25) is 0 Å². The zero-order valence-electron chi connectivity index (χ0n) is 33.1. The van der Waals surface area contributed by atoms with Crippen molar-refractivity contribution >= 4 is 71.7 Å². The van der Waals surface area contributed by atoms with Gasteiger partial charge in [0, 0.05) is 44.0 Å². The van der Waals surface area contributed by atoms with Gasteiger partial charge < -0.3 is 13.7 Å². The molecule has 10 aromatic carbocycles. The first kappa shape index (κ1) is 34.9. The third-order valence-corrected chi connectivity index (χ3v) is 12.1. The van der Waals surface area contributed by atoms with E-state index in [1.54, 1.807) is 0 Å². The lowest BCUT2D eigenvalue weighted by molar-refractivity contribution is 0.669. The zero-order chi connectivity index (χ0) is 40.3.